The van der Waals surface area contributed by atoms with Gasteiger partial charge in [-0.15, -0.1) is 0 Å². The number of ketones is 1. The molecule has 1 atom stereocenters. The Morgan fingerprint density at radius 1 is 1.13 bits per heavy atom. The van der Waals surface area contributed by atoms with Crippen LogP contribution >= 0.6 is 0 Å². The first kappa shape index (κ1) is 20.0. The maximum absolute atomic E-state index is 12.6. The molecular formula is C22H19N5O4. The van der Waals surface area contributed by atoms with Gasteiger partial charge in [-0.3, -0.25) is 19.2 Å². The van der Waals surface area contributed by atoms with Gasteiger partial charge in [0.1, 0.15) is 6.04 Å². The highest BCUT2D eigenvalue weighted by Gasteiger charge is 2.29. The molecule has 1 aromatic heterocycles. The highest BCUT2D eigenvalue weighted by molar-refractivity contribution is 6.11. The average molecular weight is 417 g/mol. The van der Waals surface area contributed by atoms with Crippen molar-refractivity contribution in [3.63, 3.8) is 0 Å². The summed E-state index contributed by atoms with van der Waals surface area (Å²) in [6.07, 6.45) is 2.94. The maximum atomic E-state index is 12.6. The predicted molar refractivity (Wildman–Crippen MR) is 113 cm³/mol. The molecule has 1 aliphatic rings. The summed E-state index contributed by atoms with van der Waals surface area (Å²) in [5, 5.41) is 7.91. The number of anilines is 2. The number of carbonyl (C=O) groups is 4. The summed E-state index contributed by atoms with van der Waals surface area (Å²) in [5.41, 5.74) is 1.49. The number of carbonyl (C=O) groups excluding carboxylic acids is 4. The molecule has 2 heterocycles. The number of nitrogens with one attached hydrogen (secondary N) is 3. The van der Waals surface area contributed by atoms with Crippen LogP contribution in [0.5, 0.6) is 0 Å². The van der Waals surface area contributed by atoms with Crippen LogP contribution in [0, 0.1) is 0 Å². The number of benzene rings is 2. The number of aryl methyl sites for hydroxylation is 1. The molecule has 0 bridgehead atoms. The van der Waals surface area contributed by atoms with Crippen molar-refractivity contribution in [3.8, 4) is 0 Å². The van der Waals surface area contributed by atoms with Crippen molar-refractivity contribution >= 4 is 34.9 Å². The molecule has 4 rings (SSSR count). The van der Waals surface area contributed by atoms with Gasteiger partial charge in [-0.2, -0.15) is 0 Å². The lowest BCUT2D eigenvalue weighted by Gasteiger charge is -2.14. The quantitative estimate of drug-likeness (QED) is 0.546. The number of imidazole rings is 1. The van der Waals surface area contributed by atoms with Crippen LogP contribution in [0.15, 0.2) is 60.9 Å². The number of aromatic nitrogens is 2. The van der Waals surface area contributed by atoms with Gasteiger partial charge in [-0.05, 0) is 24.3 Å². The normalized spacial score (nSPS) is 15.3. The summed E-state index contributed by atoms with van der Waals surface area (Å²) in [4.78, 5) is 54.0. The van der Waals surface area contributed by atoms with Crippen LogP contribution < -0.4 is 16.0 Å². The second kappa shape index (κ2) is 8.23. The first-order valence-electron chi connectivity index (χ1n) is 9.55. The first-order valence-corrected chi connectivity index (χ1v) is 9.55. The van der Waals surface area contributed by atoms with E-state index in [9.17, 15) is 19.2 Å². The van der Waals surface area contributed by atoms with Crippen molar-refractivity contribution in [3.05, 3.63) is 77.9 Å². The lowest BCUT2D eigenvalue weighted by Crippen LogP contribution is -2.43. The molecule has 1 aliphatic heterocycles. The zero-order chi connectivity index (χ0) is 22.0. The van der Waals surface area contributed by atoms with E-state index < -0.39 is 23.8 Å². The molecule has 2 aromatic carbocycles. The number of hydrogen-bond donors (Lipinski definition) is 3. The molecule has 0 aliphatic carbocycles. The highest BCUT2D eigenvalue weighted by Crippen LogP contribution is 2.19. The van der Waals surface area contributed by atoms with Gasteiger partial charge in [0.2, 0.25) is 17.6 Å². The standard InChI is InChI=1S/C22H19N5O4/c1-27-10-9-23-20(27)19(29)13-5-4-6-14(11-13)24-18(28)12-17-22(31)25-16-8-3-2-7-15(16)21(30)26-17/h2-11,17H,12H2,1H3,(H,24,28)(H,25,31)(H,26,30). The fourth-order valence-electron chi connectivity index (χ4n) is 3.30. The molecule has 31 heavy (non-hydrogen) atoms. The van der Waals surface area contributed by atoms with Gasteiger partial charge in [-0.25, -0.2) is 4.98 Å². The van der Waals surface area contributed by atoms with Gasteiger partial charge in [0.25, 0.3) is 5.91 Å². The van der Waals surface area contributed by atoms with E-state index in [4.69, 9.17) is 0 Å². The van der Waals surface area contributed by atoms with E-state index in [1.807, 2.05) is 0 Å². The predicted octanol–water partition coefficient (Wildman–Crippen LogP) is 1.73. The molecule has 0 fully saturated rings. The molecule has 3 N–H and O–H groups in total. The number of hydrogen-bond acceptors (Lipinski definition) is 5. The molecule has 9 nitrogen and oxygen atoms in total. The Labute approximate surface area is 177 Å². The Morgan fingerprint density at radius 2 is 1.94 bits per heavy atom. The van der Waals surface area contributed by atoms with Crippen molar-refractivity contribution in [2.45, 2.75) is 12.5 Å². The lowest BCUT2D eigenvalue weighted by molar-refractivity contribution is -0.122. The van der Waals surface area contributed by atoms with Crippen molar-refractivity contribution in [2.75, 3.05) is 10.6 Å². The molecule has 3 amide bonds. The third-order valence-electron chi connectivity index (χ3n) is 4.87. The summed E-state index contributed by atoms with van der Waals surface area (Å²) in [6, 6.07) is 12.0. The van der Waals surface area contributed by atoms with Gasteiger partial charge >= 0.3 is 0 Å². The zero-order valence-electron chi connectivity index (χ0n) is 16.6. The van der Waals surface area contributed by atoms with E-state index in [2.05, 4.69) is 20.9 Å². The Kier molecular flexibility index (Phi) is 5.31. The highest BCUT2D eigenvalue weighted by atomic mass is 16.2. The number of rotatable bonds is 5. The van der Waals surface area contributed by atoms with E-state index in [1.165, 1.54) is 12.3 Å². The van der Waals surface area contributed by atoms with Crippen molar-refractivity contribution in [1.82, 2.24) is 14.9 Å². The average Bonchev–Trinajstić information content (AvgIpc) is 3.14. The SMILES string of the molecule is Cn1ccnc1C(=O)c1cccc(NC(=O)CC2NC(=O)c3ccccc3NC2=O)c1. The van der Waals surface area contributed by atoms with E-state index in [0.29, 0.717) is 22.5 Å². The van der Waals surface area contributed by atoms with Gasteiger partial charge in [0, 0.05) is 30.7 Å². The maximum Gasteiger partial charge on any atom is 0.254 e. The smallest absolute Gasteiger partial charge is 0.254 e. The Hall–Kier alpha value is -4.27. The minimum atomic E-state index is -1.03. The van der Waals surface area contributed by atoms with E-state index in [0.717, 1.165) is 0 Å². The molecule has 156 valence electrons. The largest absolute Gasteiger partial charge is 0.340 e. The number of nitrogens with zero attached hydrogens (tertiary/aromatic N) is 2. The van der Waals surface area contributed by atoms with Crippen molar-refractivity contribution < 1.29 is 19.2 Å². The minimum Gasteiger partial charge on any atom is -0.340 e. The van der Waals surface area contributed by atoms with Gasteiger partial charge < -0.3 is 20.5 Å². The number of fused-ring (bicyclic) bond motifs is 1. The van der Waals surface area contributed by atoms with E-state index in [1.54, 1.807) is 60.3 Å². The number of amides is 3. The van der Waals surface area contributed by atoms with Crippen LogP contribution in [0.4, 0.5) is 11.4 Å². The first-order chi connectivity index (χ1) is 14.9. The zero-order valence-corrected chi connectivity index (χ0v) is 16.6. The second-order valence-corrected chi connectivity index (χ2v) is 7.08. The van der Waals surface area contributed by atoms with Crippen LogP contribution in [-0.2, 0) is 16.6 Å². The molecule has 0 spiro atoms. The third-order valence-corrected chi connectivity index (χ3v) is 4.87. The molecule has 0 saturated carbocycles. The van der Waals surface area contributed by atoms with Crippen LogP contribution in [0.3, 0.4) is 0 Å². The molecule has 1 unspecified atom stereocenters. The Morgan fingerprint density at radius 3 is 2.71 bits per heavy atom. The van der Waals surface area contributed by atoms with E-state index >= 15 is 0 Å². The Bertz CT molecular complexity index is 1200. The minimum absolute atomic E-state index is 0.261. The fourth-order valence-corrected chi connectivity index (χ4v) is 3.30. The summed E-state index contributed by atoms with van der Waals surface area (Å²) in [6.45, 7) is 0. The van der Waals surface area contributed by atoms with Crippen LogP contribution in [0.2, 0.25) is 0 Å². The molecular weight excluding hydrogens is 398 g/mol. The fraction of sp³-hybridized carbons (Fsp3) is 0.136. The van der Waals surface area contributed by atoms with Crippen molar-refractivity contribution in [2.24, 2.45) is 7.05 Å². The third kappa shape index (κ3) is 4.20. The van der Waals surface area contributed by atoms with Gasteiger partial charge in [-0.1, -0.05) is 24.3 Å². The van der Waals surface area contributed by atoms with Crippen molar-refractivity contribution in [1.29, 1.82) is 0 Å². The lowest BCUT2D eigenvalue weighted by atomic mass is 10.1. The topological polar surface area (TPSA) is 122 Å². The van der Waals surface area contributed by atoms with Crippen LogP contribution in [0.1, 0.15) is 33.0 Å². The van der Waals surface area contributed by atoms with Gasteiger partial charge in [0.05, 0.1) is 17.7 Å². The Balaban J connectivity index is 1.45. The molecule has 0 saturated heterocycles. The number of para-hydroxylation sites is 1. The molecule has 3 aromatic rings. The molecule has 9 heteroatoms. The van der Waals surface area contributed by atoms with Crippen LogP contribution in [0.25, 0.3) is 0 Å². The van der Waals surface area contributed by atoms with Crippen LogP contribution in [-0.4, -0.2) is 39.1 Å². The molecule has 0 radical (unpaired) electrons. The summed E-state index contributed by atoms with van der Waals surface area (Å²) in [7, 11) is 1.72. The summed E-state index contributed by atoms with van der Waals surface area (Å²) < 4.78 is 1.61. The monoisotopic (exact) mass is 417 g/mol. The van der Waals surface area contributed by atoms with Gasteiger partial charge in [0.15, 0.2) is 5.82 Å². The second-order valence-electron chi connectivity index (χ2n) is 7.08. The summed E-state index contributed by atoms with van der Waals surface area (Å²) >= 11 is 0. The van der Waals surface area contributed by atoms with E-state index in [-0.39, 0.29) is 18.0 Å². The summed E-state index contributed by atoms with van der Waals surface area (Å²) in [5.74, 6) is -1.40.